The second kappa shape index (κ2) is 8.61. The van der Waals surface area contributed by atoms with Crippen molar-refractivity contribution in [2.45, 2.75) is 19.0 Å². The van der Waals surface area contributed by atoms with Crippen LogP contribution in [0.15, 0.2) is 48.5 Å². The summed E-state index contributed by atoms with van der Waals surface area (Å²) in [4.78, 5) is 28.4. The van der Waals surface area contributed by atoms with Gasteiger partial charge in [-0.3, -0.25) is 9.59 Å². The Balaban J connectivity index is 1.35. The van der Waals surface area contributed by atoms with E-state index in [1.54, 1.807) is 29.2 Å². The van der Waals surface area contributed by atoms with Gasteiger partial charge in [0.2, 0.25) is 0 Å². The molecule has 164 valence electrons. The van der Waals surface area contributed by atoms with Gasteiger partial charge in [-0.2, -0.15) is 13.2 Å². The predicted octanol–water partition coefficient (Wildman–Crippen LogP) is 4.09. The van der Waals surface area contributed by atoms with E-state index in [0.717, 1.165) is 11.8 Å². The van der Waals surface area contributed by atoms with Gasteiger partial charge in [-0.1, -0.05) is 12.1 Å². The molecule has 0 bridgehead atoms. The van der Waals surface area contributed by atoms with Crippen molar-refractivity contribution in [2.24, 2.45) is 5.92 Å². The van der Waals surface area contributed by atoms with Gasteiger partial charge in [0.25, 0.3) is 11.8 Å². The van der Waals surface area contributed by atoms with Crippen LogP contribution in [0.2, 0.25) is 0 Å². The number of amides is 2. The first-order valence-electron chi connectivity index (χ1n) is 10.3. The summed E-state index contributed by atoms with van der Waals surface area (Å²) in [6.07, 6.45) is -2.20. The molecule has 2 aliphatic rings. The zero-order chi connectivity index (χ0) is 22.0. The van der Waals surface area contributed by atoms with Gasteiger partial charge in [0.05, 0.1) is 17.7 Å². The number of carbonyl (C=O) groups is 2. The van der Waals surface area contributed by atoms with Crippen molar-refractivity contribution in [3.63, 3.8) is 0 Å². The minimum Gasteiger partial charge on any atom is -0.493 e. The number of hydrogen-bond donors (Lipinski definition) is 0. The maximum absolute atomic E-state index is 13.2. The van der Waals surface area contributed by atoms with Gasteiger partial charge in [0, 0.05) is 31.7 Å². The Hall–Kier alpha value is -3.03. The SMILES string of the molecule is O=C(c1ccc(OCC2CC2)cc1)N1CCN(C(=O)c2ccccc2C(F)(F)F)CC1. The second-order valence-corrected chi connectivity index (χ2v) is 7.91. The van der Waals surface area contributed by atoms with E-state index < -0.39 is 17.6 Å². The molecule has 2 fully saturated rings. The van der Waals surface area contributed by atoms with Gasteiger partial charge in [-0.25, -0.2) is 0 Å². The molecule has 2 aromatic carbocycles. The van der Waals surface area contributed by atoms with E-state index in [0.29, 0.717) is 18.1 Å². The summed E-state index contributed by atoms with van der Waals surface area (Å²) in [6.45, 7) is 1.58. The zero-order valence-electron chi connectivity index (χ0n) is 16.9. The molecule has 1 heterocycles. The number of nitrogens with zero attached hydrogens (tertiary/aromatic N) is 2. The molecule has 1 saturated carbocycles. The molecule has 1 aliphatic carbocycles. The van der Waals surface area contributed by atoms with Crippen molar-refractivity contribution in [1.82, 2.24) is 9.80 Å². The molecule has 0 aromatic heterocycles. The van der Waals surface area contributed by atoms with E-state index in [1.807, 2.05) is 0 Å². The molecule has 5 nitrogen and oxygen atoms in total. The van der Waals surface area contributed by atoms with Crippen LogP contribution < -0.4 is 4.74 Å². The molecule has 4 rings (SSSR count). The van der Waals surface area contributed by atoms with Crippen molar-refractivity contribution in [2.75, 3.05) is 32.8 Å². The maximum Gasteiger partial charge on any atom is 0.417 e. The summed E-state index contributed by atoms with van der Waals surface area (Å²) in [6, 6.07) is 11.7. The molecular weight excluding hydrogens is 409 g/mol. The second-order valence-electron chi connectivity index (χ2n) is 7.91. The largest absolute Gasteiger partial charge is 0.493 e. The quantitative estimate of drug-likeness (QED) is 0.715. The molecule has 0 unspecified atom stereocenters. The van der Waals surface area contributed by atoms with E-state index in [9.17, 15) is 22.8 Å². The molecule has 2 aromatic rings. The number of ether oxygens (including phenoxy) is 1. The third kappa shape index (κ3) is 5.00. The van der Waals surface area contributed by atoms with Crippen LogP contribution in [0.25, 0.3) is 0 Å². The fourth-order valence-electron chi connectivity index (χ4n) is 3.57. The zero-order valence-corrected chi connectivity index (χ0v) is 16.9. The highest BCUT2D eigenvalue weighted by Gasteiger charge is 2.36. The minimum absolute atomic E-state index is 0.170. The van der Waals surface area contributed by atoms with E-state index in [2.05, 4.69) is 0 Å². The van der Waals surface area contributed by atoms with E-state index in [-0.39, 0.29) is 37.6 Å². The Morgan fingerprint density at radius 3 is 2.03 bits per heavy atom. The van der Waals surface area contributed by atoms with Crippen LogP contribution in [-0.4, -0.2) is 54.4 Å². The van der Waals surface area contributed by atoms with E-state index in [1.165, 1.54) is 35.9 Å². The van der Waals surface area contributed by atoms with E-state index in [4.69, 9.17) is 4.74 Å². The van der Waals surface area contributed by atoms with Crippen LogP contribution in [-0.2, 0) is 6.18 Å². The summed E-state index contributed by atoms with van der Waals surface area (Å²) in [5, 5.41) is 0. The van der Waals surface area contributed by atoms with Crippen LogP contribution >= 0.6 is 0 Å². The Morgan fingerprint density at radius 1 is 0.871 bits per heavy atom. The van der Waals surface area contributed by atoms with E-state index >= 15 is 0 Å². The number of halogens is 3. The van der Waals surface area contributed by atoms with Gasteiger partial charge in [-0.05, 0) is 55.2 Å². The minimum atomic E-state index is -4.60. The van der Waals surface area contributed by atoms with Crippen molar-refractivity contribution >= 4 is 11.8 Å². The Bertz CT molecular complexity index is 947. The highest BCUT2D eigenvalue weighted by Crippen LogP contribution is 2.32. The van der Waals surface area contributed by atoms with Crippen LogP contribution in [0.5, 0.6) is 5.75 Å². The van der Waals surface area contributed by atoms with Gasteiger partial charge >= 0.3 is 6.18 Å². The molecule has 31 heavy (non-hydrogen) atoms. The third-order valence-electron chi connectivity index (χ3n) is 5.60. The first-order chi connectivity index (χ1) is 14.8. The maximum atomic E-state index is 13.2. The van der Waals surface area contributed by atoms with Crippen LogP contribution in [0.4, 0.5) is 13.2 Å². The highest BCUT2D eigenvalue weighted by atomic mass is 19.4. The number of hydrogen-bond acceptors (Lipinski definition) is 3. The van der Waals surface area contributed by atoms with Crippen LogP contribution in [0.3, 0.4) is 0 Å². The Morgan fingerprint density at radius 2 is 1.45 bits per heavy atom. The van der Waals surface area contributed by atoms with Crippen molar-refractivity contribution in [1.29, 1.82) is 0 Å². The van der Waals surface area contributed by atoms with Crippen LogP contribution in [0.1, 0.15) is 39.1 Å². The first-order valence-corrected chi connectivity index (χ1v) is 10.3. The third-order valence-corrected chi connectivity index (χ3v) is 5.60. The topological polar surface area (TPSA) is 49.9 Å². The molecule has 0 radical (unpaired) electrons. The fourth-order valence-corrected chi connectivity index (χ4v) is 3.57. The Kier molecular flexibility index (Phi) is 5.89. The van der Waals surface area contributed by atoms with Crippen molar-refractivity contribution < 1.29 is 27.5 Å². The molecule has 1 saturated heterocycles. The molecule has 8 heteroatoms. The average Bonchev–Trinajstić information content (AvgIpc) is 3.61. The summed E-state index contributed by atoms with van der Waals surface area (Å²) in [7, 11) is 0. The van der Waals surface area contributed by atoms with Gasteiger partial charge < -0.3 is 14.5 Å². The predicted molar refractivity (Wildman–Crippen MR) is 108 cm³/mol. The smallest absolute Gasteiger partial charge is 0.417 e. The molecule has 0 N–H and O–H groups in total. The number of carbonyl (C=O) groups excluding carboxylic acids is 2. The van der Waals surface area contributed by atoms with Crippen LogP contribution in [0, 0.1) is 5.92 Å². The average molecular weight is 432 g/mol. The molecular formula is C23H23F3N2O3. The fraction of sp³-hybridized carbons (Fsp3) is 0.391. The lowest BCUT2D eigenvalue weighted by Crippen LogP contribution is -2.50. The lowest BCUT2D eigenvalue weighted by molar-refractivity contribution is -0.138. The van der Waals surface area contributed by atoms with Gasteiger partial charge in [-0.15, -0.1) is 0 Å². The lowest BCUT2D eigenvalue weighted by Gasteiger charge is -2.35. The summed E-state index contributed by atoms with van der Waals surface area (Å²) >= 11 is 0. The number of benzene rings is 2. The lowest BCUT2D eigenvalue weighted by atomic mass is 10.1. The molecule has 1 aliphatic heterocycles. The standard InChI is InChI=1S/C23H23F3N2O3/c24-23(25,26)20-4-2-1-3-19(20)22(30)28-13-11-27(12-14-28)21(29)17-7-9-18(10-8-17)31-15-16-5-6-16/h1-4,7-10,16H,5-6,11-15H2. The molecule has 0 atom stereocenters. The summed E-state index contributed by atoms with van der Waals surface area (Å²) in [5.74, 6) is 0.527. The number of piperazine rings is 1. The summed E-state index contributed by atoms with van der Waals surface area (Å²) < 4.78 is 45.3. The monoisotopic (exact) mass is 432 g/mol. The molecule has 0 spiro atoms. The normalized spacial score (nSPS) is 16.9. The van der Waals surface area contributed by atoms with Crippen molar-refractivity contribution in [3.05, 3.63) is 65.2 Å². The number of alkyl halides is 3. The number of rotatable bonds is 5. The van der Waals surface area contributed by atoms with Crippen molar-refractivity contribution in [3.8, 4) is 5.75 Å². The first kappa shape index (κ1) is 21.2. The highest BCUT2D eigenvalue weighted by molar-refractivity contribution is 5.97. The molecule has 2 amide bonds. The summed E-state index contributed by atoms with van der Waals surface area (Å²) in [5.41, 5.74) is -0.792. The van der Waals surface area contributed by atoms with Gasteiger partial charge in [0.1, 0.15) is 5.75 Å². The Labute approximate surface area is 178 Å². The van der Waals surface area contributed by atoms with Gasteiger partial charge in [0.15, 0.2) is 0 Å².